The summed E-state index contributed by atoms with van der Waals surface area (Å²) in [5.74, 6) is -1.55. The second-order valence-corrected chi connectivity index (χ2v) is 6.99. The second kappa shape index (κ2) is 17.1. The van der Waals surface area contributed by atoms with E-state index in [1.807, 2.05) is 0 Å². The van der Waals surface area contributed by atoms with E-state index in [2.05, 4.69) is 19.1 Å². The molecule has 0 aliphatic heterocycles. The maximum absolute atomic E-state index is 11.4. The first-order valence-corrected chi connectivity index (χ1v) is 10.2. The van der Waals surface area contributed by atoms with E-state index < -0.39 is 18.0 Å². The van der Waals surface area contributed by atoms with Gasteiger partial charge in [0.1, 0.15) is 0 Å². The molecule has 0 aromatic carbocycles. The summed E-state index contributed by atoms with van der Waals surface area (Å²) in [6, 6.07) is 0. The van der Waals surface area contributed by atoms with Gasteiger partial charge in [-0.2, -0.15) is 0 Å². The largest absolute Gasteiger partial charge is 0.479 e. The minimum absolute atomic E-state index is 0.202. The van der Waals surface area contributed by atoms with Gasteiger partial charge in [-0.15, -0.1) is 0 Å². The van der Waals surface area contributed by atoms with E-state index in [-0.39, 0.29) is 12.5 Å². The van der Waals surface area contributed by atoms with E-state index in [9.17, 15) is 14.7 Å². The zero-order chi connectivity index (χ0) is 19.6. The Labute approximate surface area is 158 Å². The Morgan fingerprint density at radius 2 is 1.62 bits per heavy atom. The molecule has 2 N–H and O–H groups in total. The molecule has 0 saturated carbocycles. The first-order valence-electron chi connectivity index (χ1n) is 10.2. The maximum Gasteiger partial charge on any atom is 0.344 e. The number of carbonyl (C=O) groups is 2. The molecule has 0 bridgehead atoms. The molecule has 0 spiro atoms. The van der Waals surface area contributed by atoms with Gasteiger partial charge in [0.15, 0.2) is 6.10 Å². The minimum Gasteiger partial charge on any atom is -0.479 e. The van der Waals surface area contributed by atoms with Crippen LogP contribution in [-0.2, 0) is 14.3 Å². The highest BCUT2D eigenvalue weighted by molar-refractivity contribution is 5.77. The molecule has 0 fully saturated rings. The van der Waals surface area contributed by atoms with Crippen LogP contribution in [0.2, 0.25) is 0 Å². The molecule has 1 unspecified atom stereocenters. The summed E-state index contributed by atoms with van der Waals surface area (Å²) >= 11 is 0. The lowest BCUT2D eigenvalue weighted by molar-refractivity contribution is -0.162. The summed E-state index contributed by atoms with van der Waals surface area (Å²) < 4.78 is 4.77. The average Bonchev–Trinajstić information content (AvgIpc) is 2.60. The zero-order valence-electron chi connectivity index (χ0n) is 16.6. The lowest BCUT2D eigenvalue weighted by atomic mass is 10.1. The molecule has 5 nitrogen and oxygen atoms in total. The molecule has 152 valence electrons. The van der Waals surface area contributed by atoms with Gasteiger partial charge in [0, 0.05) is 6.42 Å². The number of aliphatic carboxylic acids is 1. The molecular formula is C21H38O5. The van der Waals surface area contributed by atoms with Gasteiger partial charge in [-0.05, 0) is 39.0 Å². The van der Waals surface area contributed by atoms with E-state index in [0.717, 1.165) is 57.8 Å². The minimum atomic E-state index is -1.12. The van der Waals surface area contributed by atoms with Gasteiger partial charge >= 0.3 is 11.9 Å². The van der Waals surface area contributed by atoms with Crippen molar-refractivity contribution in [1.82, 2.24) is 0 Å². The van der Waals surface area contributed by atoms with Crippen molar-refractivity contribution >= 4 is 11.9 Å². The number of carbonyl (C=O) groups excluding carboxylic acids is 1. The number of ether oxygens (including phenoxy) is 1. The molecule has 0 saturated heterocycles. The number of aliphatic hydroxyl groups is 1. The van der Waals surface area contributed by atoms with Crippen LogP contribution in [-0.4, -0.2) is 34.4 Å². The molecule has 0 rings (SSSR count). The third-order valence-corrected chi connectivity index (χ3v) is 4.37. The van der Waals surface area contributed by atoms with Crippen LogP contribution in [0.5, 0.6) is 0 Å². The van der Waals surface area contributed by atoms with Gasteiger partial charge in [0.05, 0.1) is 6.10 Å². The Morgan fingerprint density at radius 3 is 2.31 bits per heavy atom. The van der Waals surface area contributed by atoms with Gasteiger partial charge in [0.2, 0.25) is 0 Å². The number of hydrogen-bond donors (Lipinski definition) is 2. The smallest absolute Gasteiger partial charge is 0.344 e. The van der Waals surface area contributed by atoms with Gasteiger partial charge in [-0.3, -0.25) is 4.79 Å². The number of unbranched alkanes of at least 4 members (excludes halogenated alkanes) is 8. The van der Waals surface area contributed by atoms with Crippen LogP contribution in [0.25, 0.3) is 0 Å². The normalized spacial score (nSPS) is 13.7. The maximum atomic E-state index is 11.4. The number of allylic oxidation sites excluding steroid dienone is 1. The van der Waals surface area contributed by atoms with E-state index in [4.69, 9.17) is 9.84 Å². The quantitative estimate of drug-likeness (QED) is 0.214. The molecule has 0 radical (unpaired) electrons. The van der Waals surface area contributed by atoms with E-state index >= 15 is 0 Å². The Kier molecular flexibility index (Phi) is 16.2. The van der Waals surface area contributed by atoms with Crippen molar-refractivity contribution in [3.8, 4) is 0 Å². The summed E-state index contributed by atoms with van der Waals surface area (Å²) in [4.78, 5) is 22.0. The number of hydrogen-bond acceptors (Lipinski definition) is 4. The summed E-state index contributed by atoms with van der Waals surface area (Å²) in [5.41, 5.74) is 0. The molecule has 0 heterocycles. The third kappa shape index (κ3) is 16.1. The standard InChI is InChI=1S/C21H38O5/c1-3-4-5-12-15-19(22)16-13-10-8-6-7-9-11-14-17-20(23)26-18(2)21(24)25/h10,13,18-19,22H,3-9,11-12,14-17H2,1-2H3,(H,24,25)/b13-10-/t18?,19-/m1/s1. The number of aliphatic hydroxyl groups excluding tert-OH is 1. The van der Waals surface area contributed by atoms with E-state index in [0.29, 0.717) is 0 Å². The Morgan fingerprint density at radius 1 is 0.962 bits per heavy atom. The average molecular weight is 371 g/mol. The lowest BCUT2D eigenvalue weighted by Gasteiger charge is -2.08. The number of rotatable bonds is 17. The van der Waals surface area contributed by atoms with Gasteiger partial charge in [-0.1, -0.05) is 64.0 Å². The summed E-state index contributed by atoms with van der Waals surface area (Å²) in [5, 5.41) is 18.5. The van der Waals surface area contributed by atoms with Crippen LogP contribution in [0.3, 0.4) is 0 Å². The molecule has 2 atom stereocenters. The van der Waals surface area contributed by atoms with Crippen molar-refractivity contribution in [2.45, 2.75) is 110 Å². The first-order chi connectivity index (χ1) is 12.5. The molecule has 0 aromatic heterocycles. The molecule has 0 aliphatic carbocycles. The monoisotopic (exact) mass is 370 g/mol. The Hall–Kier alpha value is -1.36. The number of esters is 1. The molecule has 26 heavy (non-hydrogen) atoms. The molecule has 0 aromatic rings. The van der Waals surface area contributed by atoms with Crippen LogP contribution >= 0.6 is 0 Å². The Bertz CT molecular complexity index is 392. The zero-order valence-corrected chi connectivity index (χ0v) is 16.6. The van der Waals surface area contributed by atoms with Gasteiger partial charge < -0.3 is 14.9 Å². The van der Waals surface area contributed by atoms with Crippen molar-refractivity contribution in [3.63, 3.8) is 0 Å². The summed E-state index contributed by atoms with van der Waals surface area (Å²) in [6.45, 7) is 3.55. The SMILES string of the molecule is CCCCCC[C@@H](O)C/C=C\CCCCCCCC(=O)OC(C)C(=O)O. The van der Waals surface area contributed by atoms with Crippen LogP contribution in [0.4, 0.5) is 0 Å². The van der Waals surface area contributed by atoms with Crippen LogP contribution in [0, 0.1) is 0 Å². The second-order valence-electron chi connectivity index (χ2n) is 6.99. The van der Waals surface area contributed by atoms with Crippen molar-refractivity contribution in [3.05, 3.63) is 12.2 Å². The molecule has 0 aliphatic rings. The van der Waals surface area contributed by atoms with Crippen molar-refractivity contribution in [1.29, 1.82) is 0 Å². The highest BCUT2D eigenvalue weighted by atomic mass is 16.6. The third-order valence-electron chi connectivity index (χ3n) is 4.37. The van der Waals surface area contributed by atoms with Crippen LogP contribution in [0.15, 0.2) is 12.2 Å². The predicted molar refractivity (Wildman–Crippen MR) is 104 cm³/mol. The van der Waals surface area contributed by atoms with Crippen molar-refractivity contribution < 1.29 is 24.5 Å². The van der Waals surface area contributed by atoms with Gasteiger partial charge in [-0.25, -0.2) is 4.79 Å². The molecular weight excluding hydrogens is 332 g/mol. The highest BCUT2D eigenvalue weighted by Crippen LogP contribution is 2.11. The molecule has 0 amide bonds. The number of carboxylic acids is 1. The van der Waals surface area contributed by atoms with Crippen molar-refractivity contribution in [2.24, 2.45) is 0 Å². The topological polar surface area (TPSA) is 83.8 Å². The summed E-state index contributed by atoms with van der Waals surface area (Å²) in [6.07, 6.45) is 15.7. The lowest BCUT2D eigenvalue weighted by Crippen LogP contribution is -2.23. The fourth-order valence-electron chi connectivity index (χ4n) is 2.66. The predicted octanol–water partition coefficient (Wildman–Crippen LogP) is 5.01. The fourth-order valence-corrected chi connectivity index (χ4v) is 2.66. The van der Waals surface area contributed by atoms with Crippen LogP contribution < -0.4 is 0 Å². The fraction of sp³-hybridized carbons (Fsp3) is 0.810. The van der Waals surface area contributed by atoms with Crippen molar-refractivity contribution in [2.75, 3.05) is 0 Å². The van der Waals surface area contributed by atoms with Gasteiger partial charge in [0.25, 0.3) is 0 Å². The first kappa shape index (κ1) is 24.6. The van der Waals surface area contributed by atoms with E-state index in [1.165, 1.54) is 26.2 Å². The van der Waals surface area contributed by atoms with E-state index in [1.54, 1.807) is 0 Å². The summed E-state index contributed by atoms with van der Waals surface area (Å²) in [7, 11) is 0. The number of carboxylic acid groups (broad SMARTS) is 1. The van der Waals surface area contributed by atoms with Crippen LogP contribution in [0.1, 0.15) is 97.3 Å². The Balaban J connectivity index is 3.42. The molecule has 5 heteroatoms. The highest BCUT2D eigenvalue weighted by Gasteiger charge is 2.15.